The lowest BCUT2D eigenvalue weighted by Crippen LogP contribution is -2.43. The number of aromatic hydroxyl groups is 1. The van der Waals surface area contributed by atoms with Crippen LogP contribution in [0.15, 0.2) is 53.6 Å². The average molecular weight is 309 g/mol. The van der Waals surface area contributed by atoms with Crippen LogP contribution < -0.4 is 0 Å². The topological polar surface area (TPSA) is 39.1 Å². The predicted molar refractivity (Wildman–Crippen MR) is 93.7 cm³/mol. The summed E-state index contributed by atoms with van der Waals surface area (Å²) in [7, 11) is 0. The molecule has 2 aromatic rings. The smallest absolute Gasteiger partial charge is 0.124 e. The summed E-state index contributed by atoms with van der Waals surface area (Å²) in [6.45, 7) is 6.95. The van der Waals surface area contributed by atoms with E-state index in [9.17, 15) is 5.11 Å². The summed E-state index contributed by atoms with van der Waals surface area (Å²) in [5, 5.41) is 16.3. The molecule has 0 saturated carbocycles. The second-order valence-corrected chi connectivity index (χ2v) is 6.02. The molecule has 4 nitrogen and oxygen atoms in total. The molecule has 1 N–H and O–H groups in total. The minimum Gasteiger partial charge on any atom is -0.507 e. The van der Waals surface area contributed by atoms with E-state index in [0.29, 0.717) is 0 Å². The van der Waals surface area contributed by atoms with Gasteiger partial charge in [-0.15, -0.1) is 0 Å². The molecule has 1 fully saturated rings. The molecule has 0 unspecified atom stereocenters. The minimum absolute atomic E-state index is 0.272. The summed E-state index contributed by atoms with van der Waals surface area (Å²) >= 11 is 0. The van der Waals surface area contributed by atoms with Gasteiger partial charge in [-0.3, -0.25) is 9.91 Å². The van der Waals surface area contributed by atoms with Crippen LogP contribution in [0.3, 0.4) is 0 Å². The number of benzene rings is 2. The Hall–Kier alpha value is -2.33. The van der Waals surface area contributed by atoms with Gasteiger partial charge in [-0.2, -0.15) is 5.10 Å². The summed E-state index contributed by atoms with van der Waals surface area (Å²) < 4.78 is 0. The van der Waals surface area contributed by atoms with Crippen LogP contribution in [0.2, 0.25) is 0 Å². The SMILES string of the molecule is Cc1ccc(CN2CCN(/N=C/c3ccccc3O)CC2)cc1. The third-order valence-corrected chi connectivity index (χ3v) is 4.17. The van der Waals surface area contributed by atoms with Crippen molar-refractivity contribution in [3.8, 4) is 5.75 Å². The molecule has 120 valence electrons. The van der Waals surface area contributed by atoms with Gasteiger partial charge in [-0.25, -0.2) is 0 Å². The Morgan fingerprint density at radius 2 is 1.70 bits per heavy atom. The van der Waals surface area contributed by atoms with Gasteiger partial charge in [0.1, 0.15) is 5.75 Å². The number of piperazine rings is 1. The molecule has 4 heteroatoms. The third-order valence-electron chi connectivity index (χ3n) is 4.17. The number of hydrazone groups is 1. The fourth-order valence-electron chi connectivity index (χ4n) is 2.70. The highest BCUT2D eigenvalue weighted by molar-refractivity contribution is 5.82. The van der Waals surface area contributed by atoms with Crippen LogP contribution in [0.25, 0.3) is 0 Å². The fourth-order valence-corrected chi connectivity index (χ4v) is 2.70. The van der Waals surface area contributed by atoms with Gasteiger partial charge >= 0.3 is 0 Å². The minimum atomic E-state index is 0.272. The van der Waals surface area contributed by atoms with Crippen LogP contribution in [0, 0.1) is 6.92 Å². The molecule has 1 saturated heterocycles. The van der Waals surface area contributed by atoms with Crippen molar-refractivity contribution in [2.24, 2.45) is 5.10 Å². The van der Waals surface area contributed by atoms with Crippen LogP contribution in [0.4, 0.5) is 0 Å². The monoisotopic (exact) mass is 309 g/mol. The van der Waals surface area contributed by atoms with Gasteiger partial charge in [-0.1, -0.05) is 42.0 Å². The Morgan fingerprint density at radius 1 is 1.00 bits per heavy atom. The number of aryl methyl sites for hydroxylation is 1. The normalized spacial score (nSPS) is 16.1. The number of phenols is 1. The number of para-hydroxylation sites is 1. The highest BCUT2D eigenvalue weighted by atomic mass is 16.3. The van der Waals surface area contributed by atoms with E-state index in [1.54, 1.807) is 12.3 Å². The fraction of sp³-hybridized carbons (Fsp3) is 0.316. The first-order valence-corrected chi connectivity index (χ1v) is 8.05. The van der Waals surface area contributed by atoms with Crippen LogP contribution in [-0.2, 0) is 6.54 Å². The Bertz CT molecular complexity index is 659. The number of rotatable bonds is 4. The van der Waals surface area contributed by atoms with Crippen molar-refractivity contribution in [2.45, 2.75) is 13.5 Å². The Balaban J connectivity index is 1.50. The maximum absolute atomic E-state index is 9.75. The zero-order chi connectivity index (χ0) is 16.1. The molecule has 0 aromatic heterocycles. The van der Waals surface area contributed by atoms with Crippen molar-refractivity contribution in [3.05, 3.63) is 65.2 Å². The maximum atomic E-state index is 9.75. The molecule has 1 aliphatic heterocycles. The molecule has 0 aliphatic carbocycles. The molecule has 2 aromatic carbocycles. The summed E-state index contributed by atoms with van der Waals surface area (Å²) in [5.41, 5.74) is 3.42. The molecular weight excluding hydrogens is 286 g/mol. The van der Waals surface area contributed by atoms with E-state index < -0.39 is 0 Å². The van der Waals surface area contributed by atoms with Gasteiger partial charge in [0.05, 0.1) is 6.21 Å². The highest BCUT2D eigenvalue weighted by Crippen LogP contribution is 2.14. The quantitative estimate of drug-likeness (QED) is 0.883. The highest BCUT2D eigenvalue weighted by Gasteiger charge is 2.15. The van der Waals surface area contributed by atoms with E-state index in [0.717, 1.165) is 38.3 Å². The largest absolute Gasteiger partial charge is 0.507 e. The molecule has 0 amide bonds. The Labute approximate surface area is 137 Å². The number of hydrogen-bond acceptors (Lipinski definition) is 4. The molecule has 0 bridgehead atoms. The van der Waals surface area contributed by atoms with Crippen molar-refractivity contribution in [2.75, 3.05) is 26.2 Å². The van der Waals surface area contributed by atoms with Crippen LogP contribution in [-0.4, -0.2) is 47.4 Å². The Kier molecular flexibility index (Phi) is 4.93. The molecule has 0 atom stereocenters. The summed E-state index contributed by atoms with van der Waals surface area (Å²) in [4.78, 5) is 2.46. The van der Waals surface area contributed by atoms with Crippen molar-refractivity contribution in [3.63, 3.8) is 0 Å². The lowest BCUT2D eigenvalue weighted by molar-refractivity contribution is 0.131. The first kappa shape index (κ1) is 15.6. The lowest BCUT2D eigenvalue weighted by Gasteiger charge is -2.33. The van der Waals surface area contributed by atoms with Gasteiger partial charge in [0.15, 0.2) is 0 Å². The van der Waals surface area contributed by atoms with E-state index in [4.69, 9.17) is 0 Å². The average Bonchev–Trinajstić information content (AvgIpc) is 2.58. The van der Waals surface area contributed by atoms with Gasteiger partial charge in [0, 0.05) is 38.3 Å². The van der Waals surface area contributed by atoms with E-state index in [2.05, 4.69) is 46.2 Å². The Morgan fingerprint density at radius 3 is 2.39 bits per heavy atom. The summed E-state index contributed by atoms with van der Waals surface area (Å²) in [6, 6.07) is 16.0. The number of phenolic OH excluding ortho intramolecular Hbond substituents is 1. The molecule has 1 heterocycles. The van der Waals surface area contributed by atoms with Crippen molar-refractivity contribution < 1.29 is 5.11 Å². The molecule has 23 heavy (non-hydrogen) atoms. The second-order valence-electron chi connectivity index (χ2n) is 6.02. The first-order valence-electron chi connectivity index (χ1n) is 8.05. The predicted octanol–water partition coefficient (Wildman–Crippen LogP) is 2.85. The second kappa shape index (κ2) is 7.29. The number of nitrogens with zero attached hydrogens (tertiary/aromatic N) is 3. The molecule has 0 radical (unpaired) electrons. The van der Waals surface area contributed by atoms with Crippen molar-refractivity contribution >= 4 is 6.21 Å². The van der Waals surface area contributed by atoms with Crippen molar-refractivity contribution in [1.29, 1.82) is 0 Å². The molecule has 1 aliphatic rings. The van der Waals surface area contributed by atoms with Gasteiger partial charge in [0.25, 0.3) is 0 Å². The molecule has 3 rings (SSSR count). The van der Waals surface area contributed by atoms with Gasteiger partial charge in [-0.05, 0) is 24.6 Å². The molecular formula is C19H23N3O. The van der Waals surface area contributed by atoms with Gasteiger partial charge in [0.2, 0.25) is 0 Å². The number of hydrogen-bond donors (Lipinski definition) is 1. The van der Waals surface area contributed by atoms with E-state index in [1.807, 2.05) is 18.2 Å². The van der Waals surface area contributed by atoms with E-state index in [-0.39, 0.29) is 5.75 Å². The van der Waals surface area contributed by atoms with Crippen LogP contribution >= 0.6 is 0 Å². The standard InChI is InChI=1S/C19H23N3O/c1-16-6-8-17(9-7-16)15-21-10-12-22(13-11-21)20-14-18-4-2-3-5-19(18)23/h2-9,14,23H,10-13,15H2,1H3/b20-14+. The first-order chi connectivity index (χ1) is 11.2. The summed E-state index contributed by atoms with van der Waals surface area (Å²) in [6.07, 6.45) is 1.74. The van der Waals surface area contributed by atoms with Crippen LogP contribution in [0.5, 0.6) is 5.75 Å². The van der Waals surface area contributed by atoms with Gasteiger partial charge < -0.3 is 5.11 Å². The van der Waals surface area contributed by atoms with E-state index in [1.165, 1.54) is 11.1 Å². The van der Waals surface area contributed by atoms with Crippen molar-refractivity contribution in [1.82, 2.24) is 9.91 Å². The molecule has 0 spiro atoms. The zero-order valence-corrected chi connectivity index (χ0v) is 13.5. The van der Waals surface area contributed by atoms with Crippen LogP contribution in [0.1, 0.15) is 16.7 Å². The van der Waals surface area contributed by atoms with E-state index >= 15 is 0 Å². The maximum Gasteiger partial charge on any atom is 0.124 e. The summed E-state index contributed by atoms with van der Waals surface area (Å²) in [5.74, 6) is 0.272. The third kappa shape index (κ3) is 4.33. The zero-order valence-electron chi connectivity index (χ0n) is 13.5. The lowest BCUT2D eigenvalue weighted by atomic mass is 10.1.